The summed E-state index contributed by atoms with van der Waals surface area (Å²) in [5, 5.41) is 12.4. The Bertz CT molecular complexity index is 710. The number of rotatable bonds is 5. The van der Waals surface area contributed by atoms with Crippen LogP contribution >= 0.6 is 11.3 Å². The summed E-state index contributed by atoms with van der Waals surface area (Å²) in [7, 11) is 0. The van der Waals surface area contributed by atoms with Gasteiger partial charge in [-0.3, -0.25) is 15.0 Å². The lowest BCUT2D eigenvalue weighted by Gasteiger charge is -2.35. The number of piperazine rings is 1. The summed E-state index contributed by atoms with van der Waals surface area (Å²) in [6.07, 6.45) is 0. The third-order valence-corrected chi connectivity index (χ3v) is 5.25. The molecule has 0 aliphatic carbocycles. The van der Waals surface area contributed by atoms with E-state index >= 15 is 0 Å². The highest BCUT2D eigenvalue weighted by molar-refractivity contribution is 7.15. The molecule has 134 valence electrons. The second-order valence-corrected chi connectivity index (χ2v) is 7.40. The fourth-order valence-corrected chi connectivity index (χ4v) is 3.46. The lowest BCUT2D eigenvalue weighted by molar-refractivity contribution is -0.117. The second kappa shape index (κ2) is 7.88. The molecular formula is C17H22FN5OS. The van der Waals surface area contributed by atoms with E-state index in [1.54, 1.807) is 12.1 Å². The highest BCUT2D eigenvalue weighted by atomic mass is 32.1. The fraction of sp³-hybridized carbons (Fsp3) is 0.471. The molecule has 0 spiro atoms. The number of carbonyl (C=O) groups excluding carboxylic acids is 1. The van der Waals surface area contributed by atoms with Crippen LogP contribution in [0.3, 0.4) is 0 Å². The minimum Gasteiger partial charge on any atom is -0.369 e. The number of hydrogen-bond donors (Lipinski definition) is 1. The highest BCUT2D eigenvalue weighted by Gasteiger charge is 2.20. The molecule has 3 rings (SSSR count). The standard InChI is InChI=1S/C17H22FN5OS/c1-12(2)16-20-21-17(25-16)19-15(24)11-22-7-9-23(10-8-22)14-5-3-13(18)4-6-14/h3-6,12H,7-11H2,1-2H3,(H,19,21,24). The first-order valence-electron chi connectivity index (χ1n) is 8.37. The van der Waals surface area contributed by atoms with E-state index in [0.29, 0.717) is 17.6 Å². The Balaban J connectivity index is 1.46. The Kier molecular flexibility index (Phi) is 5.60. The molecule has 1 amide bonds. The molecule has 2 aromatic rings. The number of nitrogens with one attached hydrogen (secondary N) is 1. The summed E-state index contributed by atoms with van der Waals surface area (Å²) < 4.78 is 13.0. The third-order valence-electron chi connectivity index (χ3n) is 4.11. The summed E-state index contributed by atoms with van der Waals surface area (Å²) in [6.45, 7) is 7.65. The summed E-state index contributed by atoms with van der Waals surface area (Å²) in [5.41, 5.74) is 1.01. The van der Waals surface area contributed by atoms with E-state index in [4.69, 9.17) is 0 Å². The highest BCUT2D eigenvalue weighted by Crippen LogP contribution is 2.22. The molecule has 25 heavy (non-hydrogen) atoms. The Morgan fingerprint density at radius 1 is 1.20 bits per heavy atom. The van der Waals surface area contributed by atoms with Crippen LogP contribution in [0.5, 0.6) is 0 Å². The van der Waals surface area contributed by atoms with E-state index < -0.39 is 0 Å². The summed E-state index contributed by atoms with van der Waals surface area (Å²) in [5.74, 6) is 0.0146. The van der Waals surface area contributed by atoms with E-state index in [0.717, 1.165) is 36.9 Å². The molecule has 1 aromatic heterocycles. The van der Waals surface area contributed by atoms with Crippen molar-refractivity contribution in [1.29, 1.82) is 0 Å². The quantitative estimate of drug-likeness (QED) is 0.885. The van der Waals surface area contributed by atoms with E-state index in [-0.39, 0.29) is 11.7 Å². The predicted octanol–water partition coefficient (Wildman–Crippen LogP) is 2.56. The van der Waals surface area contributed by atoms with Crippen LogP contribution in [0.2, 0.25) is 0 Å². The number of amides is 1. The van der Waals surface area contributed by atoms with Crippen molar-refractivity contribution in [3.63, 3.8) is 0 Å². The Hall–Kier alpha value is -2.06. The van der Waals surface area contributed by atoms with Gasteiger partial charge in [0.1, 0.15) is 10.8 Å². The van der Waals surface area contributed by atoms with Crippen molar-refractivity contribution < 1.29 is 9.18 Å². The van der Waals surface area contributed by atoms with Gasteiger partial charge in [0.05, 0.1) is 6.54 Å². The molecule has 1 saturated heterocycles. The van der Waals surface area contributed by atoms with Gasteiger partial charge in [-0.25, -0.2) is 4.39 Å². The Labute approximate surface area is 150 Å². The van der Waals surface area contributed by atoms with Crippen LogP contribution < -0.4 is 10.2 Å². The van der Waals surface area contributed by atoms with Crippen molar-refractivity contribution >= 4 is 28.1 Å². The first-order valence-corrected chi connectivity index (χ1v) is 9.19. The molecule has 8 heteroatoms. The molecule has 1 aliphatic rings. The summed E-state index contributed by atoms with van der Waals surface area (Å²) in [6, 6.07) is 6.53. The number of anilines is 2. The van der Waals surface area contributed by atoms with Gasteiger partial charge in [0, 0.05) is 37.8 Å². The Morgan fingerprint density at radius 2 is 1.88 bits per heavy atom. The minimum atomic E-state index is -0.226. The molecule has 2 heterocycles. The topological polar surface area (TPSA) is 61.4 Å². The van der Waals surface area contributed by atoms with Gasteiger partial charge in [-0.05, 0) is 24.3 Å². The number of carbonyl (C=O) groups is 1. The number of halogens is 1. The van der Waals surface area contributed by atoms with E-state index in [9.17, 15) is 9.18 Å². The van der Waals surface area contributed by atoms with Crippen molar-refractivity contribution in [2.75, 3.05) is 42.9 Å². The van der Waals surface area contributed by atoms with Gasteiger partial charge >= 0.3 is 0 Å². The maximum Gasteiger partial charge on any atom is 0.240 e. The summed E-state index contributed by atoms with van der Waals surface area (Å²) in [4.78, 5) is 16.5. The Morgan fingerprint density at radius 3 is 2.48 bits per heavy atom. The zero-order valence-electron chi connectivity index (χ0n) is 14.4. The normalized spacial score (nSPS) is 15.6. The molecule has 0 bridgehead atoms. The molecular weight excluding hydrogens is 341 g/mol. The molecule has 6 nitrogen and oxygen atoms in total. The van der Waals surface area contributed by atoms with Gasteiger partial charge in [-0.15, -0.1) is 10.2 Å². The van der Waals surface area contributed by atoms with E-state index in [1.165, 1.54) is 23.5 Å². The van der Waals surface area contributed by atoms with Gasteiger partial charge < -0.3 is 4.90 Å². The molecule has 1 aliphatic heterocycles. The molecule has 1 fully saturated rings. The maximum absolute atomic E-state index is 13.0. The van der Waals surface area contributed by atoms with Crippen molar-refractivity contribution in [2.45, 2.75) is 19.8 Å². The zero-order valence-corrected chi connectivity index (χ0v) is 15.2. The van der Waals surface area contributed by atoms with Crippen molar-refractivity contribution in [1.82, 2.24) is 15.1 Å². The number of nitrogens with zero attached hydrogens (tertiary/aromatic N) is 4. The van der Waals surface area contributed by atoms with Crippen LogP contribution in [0.15, 0.2) is 24.3 Å². The SMILES string of the molecule is CC(C)c1nnc(NC(=O)CN2CCN(c3ccc(F)cc3)CC2)s1. The fourth-order valence-electron chi connectivity index (χ4n) is 2.70. The minimum absolute atomic E-state index is 0.0679. The molecule has 0 atom stereocenters. The van der Waals surface area contributed by atoms with Gasteiger partial charge in [-0.1, -0.05) is 25.2 Å². The molecule has 1 aromatic carbocycles. The first-order chi connectivity index (χ1) is 12.0. The number of benzene rings is 1. The van der Waals surface area contributed by atoms with Crippen LogP contribution in [-0.4, -0.2) is 53.7 Å². The van der Waals surface area contributed by atoms with Crippen molar-refractivity contribution in [3.8, 4) is 0 Å². The largest absolute Gasteiger partial charge is 0.369 e. The average Bonchev–Trinajstić information content (AvgIpc) is 3.05. The molecule has 0 unspecified atom stereocenters. The van der Waals surface area contributed by atoms with Gasteiger partial charge in [0.25, 0.3) is 0 Å². The van der Waals surface area contributed by atoms with Crippen LogP contribution in [0, 0.1) is 5.82 Å². The maximum atomic E-state index is 13.0. The smallest absolute Gasteiger partial charge is 0.240 e. The average molecular weight is 363 g/mol. The first kappa shape index (κ1) is 17.8. The lowest BCUT2D eigenvalue weighted by atomic mass is 10.2. The van der Waals surface area contributed by atoms with Crippen LogP contribution in [0.4, 0.5) is 15.2 Å². The zero-order chi connectivity index (χ0) is 17.8. The van der Waals surface area contributed by atoms with Gasteiger partial charge in [-0.2, -0.15) is 0 Å². The monoisotopic (exact) mass is 363 g/mol. The van der Waals surface area contributed by atoms with Crippen molar-refractivity contribution in [3.05, 3.63) is 35.1 Å². The van der Waals surface area contributed by atoms with E-state index in [1.807, 2.05) is 13.8 Å². The molecule has 0 radical (unpaired) electrons. The van der Waals surface area contributed by atoms with Gasteiger partial charge in [0.2, 0.25) is 11.0 Å². The lowest BCUT2D eigenvalue weighted by Crippen LogP contribution is -2.48. The number of aromatic nitrogens is 2. The predicted molar refractivity (Wildman–Crippen MR) is 97.7 cm³/mol. The van der Waals surface area contributed by atoms with Crippen LogP contribution in [0.25, 0.3) is 0 Å². The van der Waals surface area contributed by atoms with Gasteiger partial charge in [0.15, 0.2) is 0 Å². The van der Waals surface area contributed by atoms with Crippen LogP contribution in [0.1, 0.15) is 24.8 Å². The molecule has 0 saturated carbocycles. The summed E-state index contributed by atoms with van der Waals surface area (Å²) >= 11 is 1.42. The van der Waals surface area contributed by atoms with Crippen LogP contribution in [-0.2, 0) is 4.79 Å². The molecule has 1 N–H and O–H groups in total. The second-order valence-electron chi connectivity index (χ2n) is 6.39. The number of hydrogen-bond acceptors (Lipinski definition) is 6. The van der Waals surface area contributed by atoms with Crippen molar-refractivity contribution in [2.24, 2.45) is 0 Å². The third kappa shape index (κ3) is 4.73. The van der Waals surface area contributed by atoms with E-state index in [2.05, 4.69) is 25.3 Å².